The van der Waals surface area contributed by atoms with Crippen molar-refractivity contribution in [2.75, 3.05) is 19.7 Å². The van der Waals surface area contributed by atoms with Crippen molar-refractivity contribution >= 4 is 32.3 Å². The number of sulfonamides is 1. The Hall–Kier alpha value is -1.78. The summed E-state index contributed by atoms with van der Waals surface area (Å²) in [7, 11) is -3.98. The van der Waals surface area contributed by atoms with Gasteiger partial charge < -0.3 is 4.74 Å². The molecule has 142 valence electrons. The second-order valence-electron chi connectivity index (χ2n) is 6.26. The molecule has 0 amide bonds. The fraction of sp³-hybridized carbons (Fsp3) is 0.562. The molecule has 0 radical (unpaired) electrons. The Morgan fingerprint density at radius 1 is 1.35 bits per heavy atom. The summed E-state index contributed by atoms with van der Waals surface area (Å²) in [6.45, 7) is 5.67. The van der Waals surface area contributed by atoms with Crippen LogP contribution in [0.1, 0.15) is 31.2 Å². The molecule has 2 aromatic rings. The summed E-state index contributed by atoms with van der Waals surface area (Å²) in [4.78, 5) is 29.1. The van der Waals surface area contributed by atoms with Crippen LogP contribution in [-0.2, 0) is 19.6 Å². The van der Waals surface area contributed by atoms with Gasteiger partial charge in [-0.2, -0.15) is 4.31 Å². The number of carbonyl (C=O) groups excluding carboxylic acids is 1. The summed E-state index contributed by atoms with van der Waals surface area (Å²) >= 11 is 1.30. The third-order valence-corrected chi connectivity index (χ3v) is 7.51. The van der Waals surface area contributed by atoms with Gasteiger partial charge in [-0.25, -0.2) is 13.4 Å². The van der Waals surface area contributed by atoms with Gasteiger partial charge in [-0.05, 0) is 33.6 Å². The normalized spacial score (nSPS) is 16.9. The van der Waals surface area contributed by atoms with Crippen LogP contribution in [0.3, 0.4) is 0 Å². The summed E-state index contributed by atoms with van der Waals surface area (Å²) in [6, 6.07) is 0. The van der Waals surface area contributed by atoms with Crippen molar-refractivity contribution in [2.24, 2.45) is 5.92 Å². The molecule has 0 bridgehead atoms. The van der Waals surface area contributed by atoms with E-state index in [-0.39, 0.29) is 35.6 Å². The number of thiazole rings is 1. The highest BCUT2D eigenvalue weighted by Crippen LogP contribution is 2.25. The molecule has 3 heterocycles. The molecule has 10 heteroatoms. The van der Waals surface area contributed by atoms with Crippen LogP contribution in [0, 0.1) is 19.8 Å². The number of piperidine rings is 1. The molecule has 26 heavy (non-hydrogen) atoms. The van der Waals surface area contributed by atoms with Crippen LogP contribution < -0.4 is 5.56 Å². The molecule has 1 fully saturated rings. The van der Waals surface area contributed by atoms with Crippen molar-refractivity contribution < 1.29 is 17.9 Å². The van der Waals surface area contributed by atoms with Gasteiger partial charge in [0, 0.05) is 24.2 Å². The van der Waals surface area contributed by atoms with E-state index in [1.807, 2.05) is 0 Å². The minimum absolute atomic E-state index is 0.177. The highest BCUT2D eigenvalue weighted by molar-refractivity contribution is 7.89. The zero-order valence-corrected chi connectivity index (χ0v) is 16.5. The van der Waals surface area contributed by atoms with Gasteiger partial charge in [0.15, 0.2) is 9.86 Å². The molecule has 1 aliphatic heterocycles. The SMILES string of the molecule is CCOC(=O)C1CCN(S(=O)(=O)c2c(C)nc3scc(C)n3c2=O)CC1. The summed E-state index contributed by atoms with van der Waals surface area (Å²) in [5, 5.41) is 1.77. The lowest BCUT2D eigenvalue weighted by Gasteiger charge is -2.30. The second kappa shape index (κ2) is 7.09. The summed E-state index contributed by atoms with van der Waals surface area (Å²) in [5.41, 5.74) is 0.281. The Morgan fingerprint density at radius 3 is 2.62 bits per heavy atom. The van der Waals surface area contributed by atoms with E-state index in [2.05, 4.69) is 4.98 Å². The standard InChI is InChI=1S/C16H21N3O5S2/c1-4-24-15(21)12-5-7-18(8-6-12)26(22,23)13-11(3)17-16-19(14(13)20)10(2)9-25-16/h9,12H,4-8H2,1-3H3. The van der Waals surface area contributed by atoms with E-state index in [0.29, 0.717) is 30.1 Å². The van der Waals surface area contributed by atoms with Gasteiger partial charge in [0.2, 0.25) is 10.0 Å². The van der Waals surface area contributed by atoms with Crippen molar-refractivity contribution in [1.82, 2.24) is 13.7 Å². The van der Waals surface area contributed by atoms with Crippen LogP contribution in [0.25, 0.3) is 4.96 Å². The maximum Gasteiger partial charge on any atom is 0.309 e. The number of hydrogen-bond donors (Lipinski definition) is 0. The molecule has 0 aliphatic carbocycles. The Balaban J connectivity index is 1.93. The molecule has 0 saturated carbocycles. The van der Waals surface area contributed by atoms with Crippen LogP contribution in [0.2, 0.25) is 0 Å². The van der Waals surface area contributed by atoms with Crippen LogP contribution in [-0.4, -0.2) is 47.8 Å². The van der Waals surface area contributed by atoms with Crippen molar-refractivity contribution in [1.29, 1.82) is 0 Å². The van der Waals surface area contributed by atoms with Gasteiger partial charge in [-0.1, -0.05) is 0 Å². The van der Waals surface area contributed by atoms with Crippen LogP contribution >= 0.6 is 11.3 Å². The molecular formula is C16H21N3O5S2. The molecular weight excluding hydrogens is 378 g/mol. The highest BCUT2D eigenvalue weighted by atomic mass is 32.2. The molecule has 2 aromatic heterocycles. The third kappa shape index (κ3) is 3.17. The predicted molar refractivity (Wildman–Crippen MR) is 96.9 cm³/mol. The van der Waals surface area contributed by atoms with Gasteiger partial charge in [0.1, 0.15) is 0 Å². The van der Waals surface area contributed by atoms with Crippen molar-refractivity contribution in [3.05, 3.63) is 27.1 Å². The molecule has 0 atom stereocenters. The van der Waals surface area contributed by atoms with Gasteiger partial charge >= 0.3 is 5.97 Å². The van der Waals surface area contributed by atoms with Gasteiger partial charge in [-0.3, -0.25) is 14.0 Å². The van der Waals surface area contributed by atoms with E-state index in [1.165, 1.54) is 27.0 Å². The first-order valence-electron chi connectivity index (χ1n) is 8.41. The summed E-state index contributed by atoms with van der Waals surface area (Å²) in [5.74, 6) is -0.596. The molecule has 0 unspecified atom stereocenters. The van der Waals surface area contributed by atoms with E-state index in [4.69, 9.17) is 4.74 Å². The van der Waals surface area contributed by atoms with Crippen LogP contribution in [0.4, 0.5) is 0 Å². The fourth-order valence-electron chi connectivity index (χ4n) is 3.19. The lowest BCUT2D eigenvalue weighted by atomic mass is 9.98. The number of esters is 1. The minimum atomic E-state index is -3.98. The molecule has 1 aliphatic rings. The molecule has 1 saturated heterocycles. The van der Waals surface area contributed by atoms with Gasteiger partial charge in [0.05, 0.1) is 18.2 Å². The van der Waals surface area contributed by atoms with E-state index in [1.54, 1.807) is 19.2 Å². The third-order valence-electron chi connectivity index (χ3n) is 4.54. The number of hydrogen-bond acceptors (Lipinski definition) is 7. The first kappa shape index (κ1) is 19.0. The van der Waals surface area contributed by atoms with E-state index < -0.39 is 15.6 Å². The summed E-state index contributed by atoms with van der Waals surface area (Å²) < 4.78 is 33.7. The number of fused-ring (bicyclic) bond motifs is 1. The van der Waals surface area contributed by atoms with E-state index >= 15 is 0 Å². The second-order valence-corrected chi connectivity index (χ2v) is 8.97. The molecule has 0 spiro atoms. The topological polar surface area (TPSA) is 98.0 Å². The molecule has 0 N–H and O–H groups in total. The van der Waals surface area contributed by atoms with Crippen LogP contribution in [0.15, 0.2) is 15.1 Å². The quantitative estimate of drug-likeness (QED) is 0.720. The van der Waals surface area contributed by atoms with E-state index in [0.717, 1.165) is 0 Å². The fourth-order valence-corrected chi connectivity index (χ4v) is 5.77. The maximum absolute atomic E-state index is 13.1. The number of nitrogens with zero attached hydrogens (tertiary/aromatic N) is 3. The molecule has 3 rings (SSSR count). The Morgan fingerprint density at radius 2 is 2.00 bits per heavy atom. The monoisotopic (exact) mass is 399 g/mol. The average Bonchev–Trinajstić information content (AvgIpc) is 2.96. The lowest BCUT2D eigenvalue weighted by molar-refractivity contribution is -0.149. The predicted octanol–water partition coefficient (Wildman–Crippen LogP) is 1.34. The lowest BCUT2D eigenvalue weighted by Crippen LogP contribution is -2.43. The van der Waals surface area contributed by atoms with Crippen molar-refractivity contribution in [3.8, 4) is 0 Å². The number of aromatic nitrogens is 2. The highest BCUT2D eigenvalue weighted by Gasteiger charge is 2.35. The first-order chi connectivity index (χ1) is 12.3. The van der Waals surface area contributed by atoms with Crippen molar-refractivity contribution in [2.45, 2.75) is 38.5 Å². The number of carbonyl (C=O) groups is 1. The van der Waals surface area contributed by atoms with E-state index in [9.17, 15) is 18.0 Å². The Labute approximate surface area is 155 Å². The van der Waals surface area contributed by atoms with Gasteiger partial charge in [0.25, 0.3) is 5.56 Å². The smallest absolute Gasteiger partial charge is 0.309 e. The average molecular weight is 399 g/mol. The number of aryl methyl sites for hydroxylation is 2. The first-order valence-corrected chi connectivity index (χ1v) is 10.7. The maximum atomic E-state index is 13.1. The molecule has 0 aromatic carbocycles. The van der Waals surface area contributed by atoms with Crippen molar-refractivity contribution in [3.63, 3.8) is 0 Å². The summed E-state index contributed by atoms with van der Waals surface area (Å²) in [6.07, 6.45) is 0.761. The van der Waals surface area contributed by atoms with Gasteiger partial charge in [-0.15, -0.1) is 11.3 Å². The number of rotatable bonds is 4. The zero-order chi connectivity index (χ0) is 19.1. The Bertz CT molecular complexity index is 1000. The van der Waals surface area contributed by atoms with Crippen LogP contribution in [0.5, 0.6) is 0 Å². The largest absolute Gasteiger partial charge is 0.466 e. The Kier molecular flexibility index (Phi) is 5.18. The molecule has 8 nitrogen and oxygen atoms in total. The minimum Gasteiger partial charge on any atom is -0.466 e. The number of ether oxygens (including phenoxy) is 1. The zero-order valence-electron chi connectivity index (χ0n) is 14.9.